The molecule has 0 spiro atoms. The van der Waals surface area contributed by atoms with Gasteiger partial charge < -0.3 is 14.8 Å². The first-order chi connectivity index (χ1) is 8.62. The third-order valence-corrected chi connectivity index (χ3v) is 3.24. The summed E-state index contributed by atoms with van der Waals surface area (Å²) in [5.41, 5.74) is 1.09. The lowest BCUT2D eigenvalue weighted by atomic mass is 9.95. The summed E-state index contributed by atoms with van der Waals surface area (Å²) in [6.07, 6.45) is 0.973. The molecule has 0 heterocycles. The van der Waals surface area contributed by atoms with Crippen LogP contribution in [0.15, 0.2) is 18.2 Å². The lowest BCUT2D eigenvalue weighted by molar-refractivity contribution is 0.149. The van der Waals surface area contributed by atoms with Crippen molar-refractivity contribution in [3.63, 3.8) is 0 Å². The fourth-order valence-corrected chi connectivity index (χ4v) is 2.31. The predicted molar refractivity (Wildman–Crippen MR) is 75.5 cm³/mol. The lowest BCUT2D eigenvalue weighted by Gasteiger charge is -2.22. The molecule has 0 aliphatic rings. The van der Waals surface area contributed by atoms with E-state index in [0.29, 0.717) is 5.92 Å². The van der Waals surface area contributed by atoms with Gasteiger partial charge in [-0.15, -0.1) is 0 Å². The maximum atomic E-state index is 6.06. The fourth-order valence-electron chi connectivity index (χ4n) is 2.13. The third kappa shape index (κ3) is 4.16. The summed E-state index contributed by atoms with van der Waals surface area (Å²) >= 11 is 6.06. The van der Waals surface area contributed by atoms with Crippen LogP contribution in [0.2, 0.25) is 5.02 Å². The van der Waals surface area contributed by atoms with E-state index in [2.05, 4.69) is 12.2 Å². The molecule has 0 saturated carbocycles. The Hall–Kier alpha value is -0.770. The molecule has 18 heavy (non-hydrogen) atoms. The molecule has 2 atom stereocenters. The van der Waals surface area contributed by atoms with E-state index in [4.69, 9.17) is 21.1 Å². The molecule has 1 rings (SSSR count). The van der Waals surface area contributed by atoms with Gasteiger partial charge in [-0.25, -0.2) is 0 Å². The van der Waals surface area contributed by atoms with E-state index in [-0.39, 0.29) is 6.04 Å². The molecule has 0 saturated heterocycles. The molecule has 0 aliphatic heterocycles. The molecular formula is C14H22ClNO2. The van der Waals surface area contributed by atoms with Crippen molar-refractivity contribution in [2.24, 2.45) is 5.92 Å². The molecule has 3 nitrogen and oxygen atoms in total. The second-order valence-electron chi connectivity index (χ2n) is 4.52. The SMILES string of the molecule is CNC(CC(C)COC)c1cc(Cl)ccc1OC. The van der Waals surface area contributed by atoms with E-state index in [9.17, 15) is 0 Å². The highest BCUT2D eigenvalue weighted by Gasteiger charge is 2.17. The molecule has 0 amide bonds. The summed E-state index contributed by atoms with van der Waals surface area (Å²) in [4.78, 5) is 0. The highest BCUT2D eigenvalue weighted by atomic mass is 35.5. The van der Waals surface area contributed by atoms with Crippen molar-refractivity contribution < 1.29 is 9.47 Å². The number of nitrogens with one attached hydrogen (secondary N) is 1. The highest BCUT2D eigenvalue weighted by Crippen LogP contribution is 2.31. The van der Waals surface area contributed by atoms with Crippen molar-refractivity contribution in [2.75, 3.05) is 27.9 Å². The van der Waals surface area contributed by atoms with Crippen LogP contribution in [0.4, 0.5) is 0 Å². The molecule has 4 heteroatoms. The molecule has 0 bridgehead atoms. The Labute approximate surface area is 114 Å². The van der Waals surface area contributed by atoms with Gasteiger partial charge in [-0.1, -0.05) is 18.5 Å². The Morgan fingerprint density at radius 3 is 2.61 bits per heavy atom. The van der Waals surface area contributed by atoms with E-state index in [1.165, 1.54) is 0 Å². The zero-order valence-corrected chi connectivity index (χ0v) is 12.3. The first-order valence-corrected chi connectivity index (χ1v) is 6.49. The number of benzene rings is 1. The van der Waals surface area contributed by atoms with Crippen molar-refractivity contribution in [3.05, 3.63) is 28.8 Å². The first kappa shape index (κ1) is 15.3. The van der Waals surface area contributed by atoms with Crippen LogP contribution in [-0.4, -0.2) is 27.9 Å². The quantitative estimate of drug-likeness (QED) is 0.826. The van der Waals surface area contributed by atoms with E-state index in [0.717, 1.165) is 29.4 Å². The Morgan fingerprint density at radius 2 is 2.06 bits per heavy atom. The molecule has 1 aromatic rings. The van der Waals surface area contributed by atoms with Crippen molar-refractivity contribution in [1.82, 2.24) is 5.32 Å². The van der Waals surface area contributed by atoms with Gasteiger partial charge in [-0.3, -0.25) is 0 Å². The molecule has 0 fully saturated rings. The van der Waals surface area contributed by atoms with Crippen LogP contribution in [0.3, 0.4) is 0 Å². The first-order valence-electron chi connectivity index (χ1n) is 6.12. The summed E-state index contributed by atoms with van der Waals surface area (Å²) in [7, 11) is 5.35. The topological polar surface area (TPSA) is 30.5 Å². The average molecular weight is 272 g/mol. The van der Waals surface area contributed by atoms with Crippen LogP contribution in [0.25, 0.3) is 0 Å². The highest BCUT2D eigenvalue weighted by molar-refractivity contribution is 6.30. The van der Waals surface area contributed by atoms with Gasteiger partial charge in [0.2, 0.25) is 0 Å². The Kier molecular flexibility index (Phi) is 6.47. The Bertz CT molecular complexity index is 371. The van der Waals surface area contributed by atoms with Gasteiger partial charge in [0, 0.05) is 30.3 Å². The third-order valence-electron chi connectivity index (χ3n) is 3.00. The zero-order chi connectivity index (χ0) is 13.5. The van der Waals surface area contributed by atoms with Crippen LogP contribution < -0.4 is 10.1 Å². The summed E-state index contributed by atoms with van der Waals surface area (Å²) in [5, 5.41) is 4.04. The molecular weight excluding hydrogens is 250 g/mol. The maximum Gasteiger partial charge on any atom is 0.123 e. The van der Waals surface area contributed by atoms with Crippen LogP contribution in [0.5, 0.6) is 5.75 Å². The predicted octanol–water partition coefficient (Wildman–Crippen LogP) is 3.28. The number of rotatable bonds is 7. The number of methoxy groups -OCH3 is 2. The molecule has 0 aromatic heterocycles. The average Bonchev–Trinajstić information content (AvgIpc) is 2.36. The summed E-state index contributed by atoms with van der Waals surface area (Å²) < 4.78 is 10.6. The molecule has 1 N–H and O–H groups in total. The van der Waals surface area contributed by atoms with Crippen molar-refractivity contribution in [1.29, 1.82) is 0 Å². The monoisotopic (exact) mass is 271 g/mol. The maximum absolute atomic E-state index is 6.06. The Morgan fingerprint density at radius 1 is 1.33 bits per heavy atom. The van der Waals surface area contributed by atoms with Crippen molar-refractivity contribution in [3.8, 4) is 5.75 Å². The normalized spacial score (nSPS) is 14.3. The van der Waals surface area contributed by atoms with Crippen molar-refractivity contribution >= 4 is 11.6 Å². The smallest absolute Gasteiger partial charge is 0.123 e. The van der Waals surface area contributed by atoms with Gasteiger partial charge >= 0.3 is 0 Å². The van der Waals surface area contributed by atoms with Gasteiger partial charge in [0.25, 0.3) is 0 Å². The minimum absolute atomic E-state index is 0.212. The van der Waals surface area contributed by atoms with Crippen molar-refractivity contribution in [2.45, 2.75) is 19.4 Å². The molecule has 2 unspecified atom stereocenters. The summed E-state index contributed by atoms with van der Waals surface area (Å²) in [6, 6.07) is 5.92. The largest absolute Gasteiger partial charge is 0.496 e. The van der Waals surface area contributed by atoms with E-state index in [1.54, 1.807) is 14.2 Å². The van der Waals surface area contributed by atoms with Crippen LogP contribution in [0.1, 0.15) is 24.9 Å². The second kappa shape index (κ2) is 7.62. The van der Waals surface area contributed by atoms with Gasteiger partial charge in [0.1, 0.15) is 5.75 Å². The minimum atomic E-state index is 0.212. The fraction of sp³-hybridized carbons (Fsp3) is 0.571. The van der Waals surface area contributed by atoms with Gasteiger partial charge in [0.05, 0.1) is 7.11 Å². The summed E-state index contributed by atoms with van der Waals surface area (Å²) in [6.45, 7) is 2.92. The van der Waals surface area contributed by atoms with Gasteiger partial charge in [-0.2, -0.15) is 0 Å². The van der Waals surface area contributed by atoms with E-state index in [1.807, 2.05) is 25.2 Å². The van der Waals surface area contributed by atoms with Crippen LogP contribution in [0, 0.1) is 5.92 Å². The number of hydrogen-bond acceptors (Lipinski definition) is 3. The molecule has 102 valence electrons. The van der Waals surface area contributed by atoms with Crippen LogP contribution >= 0.6 is 11.6 Å². The second-order valence-corrected chi connectivity index (χ2v) is 4.96. The summed E-state index contributed by atoms with van der Waals surface area (Å²) in [5.74, 6) is 1.33. The zero-order valence-electron chi connectivity index (χ0n) is 11.5. The van der Waals surface area contributed by atoms with E-state index >= 15 is 0 Å². The van der Waals surface area contributed by atoms with Gasteiger partial charge in [-0.05, 0) is 37.6 Å². The minimum Gasteiger partial charge on any atom is -0.496 e. The molecule has 0 radical (unpaired) electrons. The number of ether oxygens (including phenoxy) is 2. The van der Waals surface area contributed by atoms with Gasteiger partial charge in [0.15, 0.2) is 0 Å². The lowest BCUT2D eigenvalue weighted by Crippen LogP contribution is -2.21. The molecule has 1 aromatic carbocycles. The Balaban J connectivity index is 2.89. The molecule has 0 aliphatic carbocycles. The van der Waals surface area contributed by atoms with Crippen LogP contribution in [-0.2, 0) is 4.74 Å². The van der Waals surface area contributed by atoms with E-state index < -0.39 is 0 Å². The number of halogens is 1. The standard InChI is InChI=1S/C14H22ClNO2/c1-10(9-17-3)7-13(16-2)12-8-11(15)5-6-14(12)18-4/h5-6,8,10,13,16H,7,9H2,1-4H3. The number of hydrogen-bond donors (Lipinski definition) is 1.